The minimum absolute atomic E-state index is 0.000998. The first-order valence-corrected chi connectivity index (χ1v) is 38.9. The van der Waals surface area contributed by atoms with Gasteiger partial charge in [-0.3, -0.25) is 78.6 Å². The fourth-order valence-electron chi connectivity index (χ4n) is 12.7. The lowest BCUT2D eigenvalue weighted by Crippen LogP contribution is -2.62. The Labute approximate surface area is 680 Å². The van der Waals surface area contributed by atoms with Crippen LogP contribution in [0.25, 0.3) is 21.8 Å². The number of aromatic amines is 2. The number of guanidine groups is 3. The molecule has 0 bridgehead atoms. The summed E-state index contributed by atoms with van der Waals surface area (Å²) in [7, 11) is 0. The van der Waals surface area contributed by atoms with Crippen molar-refractivity contribution in [1.82, 2.24) is 89.7 Å². The third kappa shape index (κ3) is 30.6. The van der Waals surface area contributed by atoms with E-state index in [0.29, 0.717) is 51.3 Å². The summed E-state index contributed by atoms with van der Waals surface area (Å²) in [5, 5.41) is 83.5. The van der Waals surface area contributed by atoms with Crippen molar-refractivity contribution in [2.24, 2.45) is 34.8 Å². The van der Waals surface area contributed by atoms with Gasteiger partial charge in [0.1, 0.15) is 66.2 Å². The summed E-state index contributed by atoms with van der Waals surface area (Å²) in [4.78, 5) is 205. The second kappa shape index (κ2) is 47.1. The number of H-pyrrole nitrogens is 2. The van der Waals surface area contributed by atoms with Crippen LogP contribution in [0, 0.1) is 28.1 Å². The molecule has 642 valence electrons. The normalized spacial score (nSPS) is 17.3. The molecule has 13 amide bonds. The highest BCUT2D eigenvalue weighted by Crippen LogP contribution is 2.23. The van der Waals surface area contributed by atoms with E-state index >= 15 is 9.59 Å². The number of aromatic nitrogens is 2. The van der Waals surface area contributed by atoms with E-state index in [1.165, 1.54) is 31.2 Å². The van der Waals surface area contributed by atoms with Gasteiger partial charge >= 0.3 is 5.97 Å². The molecule has 1 aliphatic rings. The predicted molar refractivity (Wildman–Crippen MR) is 433 cm³/mol. The highest BCUT2D eigenvalue weighted by Gasteiger charge is 2.40. The Morgan fingerprint density at radius 1 is 0.534 bits per heavy atom. The standard InChI is InChI=1S/C77H112N24O17/c1-6-40(3)22-27-60(105)93-57(34-59(78)104)70(113)97-54(31-43-23-25-46(103)26-24-43)68(111)99-55(32-44-35-88-49-17-10-8-15-47(44)49)69(112)96-53(21-14-30-87-77(83)84)67(110)95-51(19-12-28-85-75(79)80)65(108)90-37-61(106)92-52(20-13-29-86-76(81)82)66(109)98-56(33-45-36-89-50-18-11-9-16-48(45)50)71(114)101-64-42(5)118-74(117)58(39-102)94-62(107)38-91-72(115)63(41(4)7-2)100-73(64)116/h8-11,15-18,23-26,35-36,40-42,51-58,63-64,88-89,102-103H,6-7,12-14,19-22,27-34,37-39H2,1-5H3,(H2,78,104)(H,90,108)(H,91,115)(H,92,106)(H,93,105)(H,94,107)(H,95,110)(H,96,112)(H,97,113)(H,98,109)(H,99,111)(H,100,116)(H,101,114)(H4,79,80,85)(H4,81,82,86)(H4,83,84,87)/t40?,41-,42+,51-,52+,53+,54+,55+,56-,57+,58-,63-,64-/m0/s1. The Hall–Kier alpha value is -13.1. The van der Waals surface area contributed by atoms with Crippen molar-refractivity contribution in [2.75, 3.05) is 39.3 Å². The maximum atomic E-state index is 15.2. The lowest BCUT2D eigenvalue weighted by molar-refractivity contribution is -0.157. The van der Waals surface area contributed by atoms with Gasteiger partial charge in [0.15, 0.2) is 23.9 Å². The molecule has 0 spiro atoms. The largest absolute Gasteiger partial charge is 0.508 e. The molecule has 3 heterocycles. The minimum Gasteiger partial charge on any atom is -0.508 e. The summed E-state index contributed by atoms with van der Waals surface area (Å²) in [5.74, 6) is -15.3. The quantitative estimate of drug-likeness (QED) is 0.00763. The number of benzene rings is 3. The molecule has 5 aromatic rings. The number of amides is 13. The van der Waals surface area contributed by atoms with E-state index < -0.39 is 199 Å². The Morgan fingerprint density at radius 2 is 0.992 bits per heavy atom. The fourth-order valence-corrected chi connectivity index (χ4v) is 12.7. The van der Waals surface area contributed by atoms with E-state index in [9.17, 15) is 67.7 Å². The number of ether oxygens (including phenoxy) is 1. The summed E-state index contributed by atoms with van der Waals surface area (Å²) in [6.07, 6.45) is 0.996. The van der Waals surface area contributed by atoms with E-state index in [0.717, 1.165) is 6.42 Å². The molecule has 3 aromatic carbocycles. The van der Waals surface area contributed by atoms with E-state index in [2.05, 4.69) is 89.7 Å². The third-order valence-corrected chi connectivity index (χ3v) is 19.8. The van der Waals surface area contributed by atoms with Gasteiger partial charge in [0.05, 0.1) is 26.1 Å². The Kier molecular flexibility index (Phi) is 37.4. The van der Waals surface area contributed by atoms with Crippen LogP contribution in [-0.4, -0.2) is 227 Å². The van der Waals surface area contributed by atoms with Crippen LogP contribution in [0.1, 0.15) is 122 Å². The predicted octanol–water partition coefficient (Wildman–Crippen LogP) is -4.06. The third-order valence-electron chi connectivity index (χ3n) is 19.8. The van der Waals surface area contributed by atoms with Gasteiger partial charge in [0.25, 0.3) is 0 Å². The van der Waals surface area contributed by atoms with Crippen LogP contribution in [0.5, 0.6) is 5.75 Å². The first-order valence-electron chi connectivity index (χ1n) is 38.9. The van der Waals surface area contributed by atoms with Gasteiger partial charge in [-0.1, -0.05) is 89.1 Å². The minimum atomic E-state index is -1.84. The SMILES string of the molecule is CCC(C)CCC(=O)N[C@H](CC(N)=O)C(=O)N[C@H](Cc1ccc(O)cc1)C(=O)N[C@H](Cc1c[nH]c2ccccc12)C(=O)N[C@H](CCCNC(=N)N)C(=O)N[C@@H](CCCNC(=N)N)C(=O)NCC(=O)N[C@H](CCCNC(=N)N)C(=O)N[C@@H](Cc1c[nH]c2ccccc12)C(=O)N[C@@H]1C(=O)N[C@@H]([C@@H](C)CC)C(=O)NCC(=O)N[C@@H](CO)C(=O)O[C@@H]1C. The van der Waals surface area contributed by atoms with Crippen molar-refractivity contribution >= 4 is 122 Å². The maximum Gasteiger partial charge on any atom is 0.331 e. The number of primary amides is 1. The summed E-state index contributed by atoms with van der Waals surface area (Å²) < 4.78 is 5.58. The number of carbonyl (C=O) groups excluding carboxylic acids is 14. The molecule has 6 rings (SSSR count). The number of esters is 1. The zero-order valence-corrected chi connectivity index (χ0v) is 66.6. The highest BCUT2D eigenvalue weighted by atomic mass is 16.5. The number of nitrogens with one attached hydrogen (secondary N) is 20. The molecular weight excluding hydrogens is 1530 g/mol. The monoisotopic (exact) mass is 1640 g/mol. The van der Waals surface area contributed by atoms with Crippen LogP contribution in [0.15, 0.2) is 85.2 Å². The molecule has 13 atom stereocenters. The molecule has 1 unspecified atom stereocenters. The lowest BCUT2D eigenvalue weighted by Gasteiger charge is -2.30. The number of cyclic esters (lactones) is 1. The number of phenolic OH excluding ortho intramolecular Hbond substituents is 1. The van der Waals surface area contributed by atoms with Crippen molar-refractivity contribution in [3.8, 4) is 5.75 Å². The summed E-state index contributed by atoms with van der Waals surface area (Å²) in [5.41, 5.74) is 25.0. The number of rotatable bonds is 44. The number of aromatic hydroxyl groups is 1. The molecule has 41 nitrogen and oxygen atoms in total. The first-order chi connectivity index (χ1) is 56.2. The smallest absolute Gasteiger partial charge is 0.331 e. The molecule has 118 heavy (non-hydrogen) atoms. The van der Waals surface area contributed by atoms with Crippen LogP contribution in [0.3, 0.4) is 0 Å². The van der Waals surface area contributed by atoms with Gasteiger partial charge < -0.3 is 128 Å². The van der Waals surface area contributed by atoms with Crippen LogP contribution in [-0.2, 0) is 91.1 Å². The van der Waals surface area contributed by atoms with Gasteiger partial charge in [-0.25, -0.2) is 4.79 Å². The molecule has 41 heteroatoms. The molecular formula is C77H112N24O17. The van der Waals surface area contributed by atoms with Crippen LogP contribution < -0.4 is 103 Å². The van der Waals surface area contributed by atoms with Crippen molar-refractivity contribution in [2.45, 2.75) is 191 Å². The highest BCUT2D eigenvalue weighted by molar-refractivity contribution is 6.01. The number of phenols is 1. The molecule has 0 radical (unpaired) electrons. The molecule has 0 aliphatic carbocycles. The number of carbonyl (C=O) groups is 14. The van der Waals surface area contributed by atoms with E-state index in [4.69, 9.17) is 43.9 Å². The average molecular weight is 1650 g/mol. The second-order valence-corrected chi connectivity index (χ2v) is 29.0. The average Bonchev–Trinajstić information content (AvgIpc) is 1.62. The molecule has 0 saturated carbocycles. The van der Waals surface area contributed by atoms with E-state index in [1.54, 1.807) is 74.8 Å². The van der Waals surface area contributed by atoms with Crippen LogP contribution in [0.2, 0.25) is 0 Å². The molecule has 30 N–H and O–H groups in total. The second-order valence-electron chi connectivity index (χ2n) is 29.0. The maximum absolute atomic E-state index is 15.2. The van der Waals surface area contributed by atoms with Crippen molar-refractivity contribution in [1.29, 1.82) is 16.2 Å². The molecule has 1 saturated heterocycles. The summed E-state index contributed by atoms with van der Waals surface area (Å²) in [6.45, 7) is 5.92. The number of aliphatic hydroxyl groups excluding tert-OH is 1. The van der Waals surface area contributed by atoms with Crippen molar-refractivity contribution in [3.05, 3.63) is 102 Å². The summed E-state index contributed by atoms with van der Waals surface area (Å²) >= 11 is 0. The molecule has 1 aliphatic heterocycles. The Morgan fingerprint density at radius 3 is 1.48 bits per heavy atom. The molecule has 2 aromatic heterocycles. The van der Waals surface area contributed by atoms with Gasteiger partial charge in [-0.05, 0) is 105 Å². The zero-order valence-electron chi connectivity index (χ0n) is 66.6. The van der Waals surface area contributed by atoms with Crippen molar-refractivity contribution in [3.63, 3.8) is 0 Å². The number of fused-ring (bicyclic) bond motifs is 2. The van der Waals surface area contributed by atoms with Gasteiger partial charge in [0.2, 0.25) is 76.8 Å². The fraction of sp³-hybridized carbons (Fsp3) is 0.494. The van der Waals surface area contributed by atoms with E-state index in [1.807, 2.05) is 13.8 Å². The van der Waals surface area contributed by atoms with Gasteiger partial charge in [0, 0.05) is 79.5 Å². The van der Waals surface area contributed by atoms with Crippen LogP contribution in [0.4, 0.5) is 0 Å². The Bertz CT molecular complexity index is 4360. The summed E-state index contributed by atoms with van der Waals surface area (Å²) in [6, 6.07) is 3.68. The van der Waals surface area contributed by atoms with E-state index in [-0.39, 0.29) is 95.5 Å². The number of nitrogens with two attached hydrogens (primary N) is 4. The lowest BCUT2D eigenvalue weighted by atomic mass is 9.97. The van der Waals surface area contributed by atoms with Crippen LogP contribution >= 0.6 is 0 Å². The number of aliphatic hydroxyl groups is 1. The topological polar surface area (TPSA) is 676 Å². The number of para-hydroxylation sites is 2. The Balaban J connectivity index is 1.30. The number of hydrogen-bond acceptors (Lipinski definition) is 20. The molecule has 1 fully saturated rings. The van der Waals surface area contributed by atoms with Crippen molar-refractivity contribution < 1.29 is 82.1 Å². The number of hydrogen-bond donors (Lipinski definition) is 26. The van der Waals surface area contributed by atoms with Gasteiger partial charge in [-0.2, -0.15) is 0 Å². The zero-order chi connectivity index (χ0) is 86.7. The first kappa shape index (κ1) is 93.7. The van der Waals surface area contributed by atoms with Gasteiger partial charge in [-0.15, -0.1) is 0 Å².